The van der Waals surface area contributed by atoms with Gasteiger partial charge in [-0.3, -0.25) is 4.68 Å². The average molecular weight is 306 g/mol. The second-order valence-corrected chi connectivity index (χ2v) is 5.33. The van der Waals surface area contributed by atoms with E-state index in [1.54, 1.807) is 6.92 Å². The van der Waals surface area contributed by atoms with Gasteiger partial charge >= 0.3 is 6.18 Å². The van der Waals surface area contributed by atoms with Gasteiger partial charge in [0, 0.05) is 24.8 Å². The van der Waals surface area contributed by atoms with Crippen LogP contribution < -0.4 is 10.6 Å². The summed E-state index contributed by atoms with van der Waals surface area (Å²) in [6.07, 6.45) is -1.43. The number of rotatable bonds is 5. The second-order valence-electron chi connectivity index (χ2n) is 4.92. The van der Waals surface area contributed by atoms with Gasteiger partial charge < -0.3 is 10.6 Å². The summed E-state index contributed by atoms with van der Waals surface area (Å²) in [5.41, 5.74) is -0.329. The zero-order valence-corrected chi connectivity index (χ0v) is 11.9. The van der Waals surface area contributed by atoms with Crippen LogP contribution in [-0.2, 0) is 12.7 Å². The Morgan fingerprint density at radius 2 is 2.20 bits per heavy atom. The molecule has 20 heavy (non-hydrogen) atoms. The number of aryl methyl sites for hydroxylation is 2. The molecule has 0 radical (unpaired) electrons. The molecule has 112 valence electrons. The van der Waals surface area contributed by atoms with Crippen molar-refractivity contribution < 1.29 is 13.2 Å². The predicted molar refractivity (Wildman–Crippen MR) is 73.3 cm³/mol. The van der Waals surface area contributed by atoms with Crippen molar-refractivity contribution in [3.8, 4) is 0 Å². The molecule has 1 aromatic rings. The lowest BCUT2D eigenvalue weighted by molar-refractivity contribution is -0.141. The predicted octanol–water partition coefficient (Wildman–Crippen LogP) is 2.23. The van der Waals surface area contributed by atoms with Crippen LogP contribution in [0.15, 0.2) is 6.07 Å². The summed E-state index contributed by atoms with van der Waals surface area (Å²) in [7, 11) is 0. The number of thiocarbonyl (C=S) groups is 1. The molecule has 0 spiro atoms. The number of nitrogens with zero attached hydrogens (tertiary/aromatic N) is 2. The molecule has 4 nitrogen and oxygen atoms in total. The summed E-state index contributed by atoms with van der Waals surface area (Å²) in [6, 6.07) is 1.56. The number of nitrogens with one attached hydrogen (secondary N) is 2. The van der Waals surface area contributed by atoms with Gasteiger partial charge in [-0.25, -0.2) is 0 Å². The van der Waals surface area contributed by atoms with Crippen LogP contribution in [0, 0.1) is 6.92 Å². The summed E-state index contributed by atoms with van der Waals surface area (Å²) in [6.45, 7) is 2.66. The van der Waals surface area contributed by atoms with Crippen LogP contribution in [0.1, 0.15) is 30.7 Å². The summed E-state index contributed by atoms with van der Waals surface area (Å²) in [4.78, 5) is 0. The van der Waals surface area contributed by atoms with Gasteiger partial charge in [0.2, 0.25) is 0 Å². The van der Waals surface area contributed by atoms with Crippen molar-refractivity contribution >= 4 is 17.3 Å². The fourth-order valence-electron chi connectivity index (χ4n) is 1.77. The number of halogens is 3. The molecule has 0 amide bonds. The van der Waals surface area contributed by atoms with Gasteiger partial charge in [-0.05, 0) is 44.5 Å². The number of hydrogen-bond acceptors (Lipinski definition) is 2. The Morgan fingerprint density at radius 3 is 2.75 bits per heavy atom. The standard InChI is InChI=1S/C12H17F3N4S/c1-8-7-10(12(13,14)15)18-19(8)6-2-5-16-11(20)17-9-3-4-9/h7,9H,2-6H2,1H3,(H2,16,17,20). The third-order valence-corrected chi connectivity index (χ3v) is 3.28. The molecule has 8 heteroatoms. The molecule has 1 aliphatic carbocycles. The van der Waals surface area contributed by atoms with E-state index in [1.807, 2.05) is 0 Å². The Labute approximate surface area is 120 Å². The first-order chi connectivity index (χ1) is 9.36. The molecular formula is C12H17F3N4S. The maximum absolute atomic E-state index is 12.5. The molecule has 1 saturated carbocycles. The molecule has 0 unspecified atom stereocenters. The molecule has 0 aliphatic heterocycles. The molecule has 2 rings (SSSR count). The van der Waals surface area contributed by atoms with E-state index < -0.39 is 11.9 Å². The van der Waals surface area contributed by atoms with Gasteiger partial charge in [-0.15, -0.1) is 0 Å². The highest BCUT2D eigenvalue weighted by Gasteiger charge is 2.34. The SMILES string of the molecule is Cc1cc(C(F)(F)F)nn1CCCNC(=S)NC1CC1. The van der Waals surface area contributed by atoms with E-state index in [1.165, 1.54) is 4.68 Å². The molecule has 1 aromatic heterocycles. The third kappa shape index (κ3) is 4.36. The largest absolute Gasteiger partial charge is 0.435 e. The summed E-state index contributed by atoms with van der Waals surface area (Å²) in [5.74, 6) is 0. The van der Waals surface area contributed by atoms with Gasteiger partial charge in [-0.2, -0.15) is 18.3 Å². The van der Waals surface area contributed by atoms with Crippen molar-refractivity contribution in [3.63, 3.8) is 0 Å². The number of aromatic nitrogens is 2. The van der Waals surface area contributed by atoms with Gasteiger partial charge in [-0.1, -0.05) is 0 Å². The van der Waals surface area contributed by atoms with E-state index >= 15 is 0 Å². The van der Waals surface area contributed by atoms with Crippen LogP contribution >= 0.6 is 12.2 Å². The van der Waals surface area contributed by atoms with Crippen LogP contribution in [0.5, 0.6) is 0 Å². The van der Waals surface area contributed by atoms with Crippen LogP contribution in [0.25, 0.3) is 0 Å². The molecular weight excluding hydrogens is 289 g/mol. The molecule has 0 bridgehead atoms. The van der Waals surface area contributed by atoms with E-state index in [9.17, 15) is 13.2 Å². The van der Waals surface area contributed by atoms with E-state index in [2.05, 4.69) is 15.7 Å². The fourth-order valence-corrected chi connectivity index (χ4v) is 2.04. The highest BCUT2D eigenvalue weighted by Crippen LogP contribution is 2.28. The number of hydrogen-bond donors (Lipinski definition) is 2. The minimum absolute atomic E-state index is 0.432. The van der Waals surface area contributed by atoms with Gasteiger partial charge in [0.1, 0.15) is 0 Å². The average Bonchev–Trinajstić information content (AvgIpc) is 3.06. The maximum atomic E-state index is 12.5. The lowest BCUT2D eigenvalue weighted by atomic mass is 10.3. The molecule has 1 aliphatic rings. The molecule has 0 atom stereocenters. The van der Waals surface area contributed by atoms with Gasteiger partial charge in [0.25, 0.3) is 0 Å². The second kappa shape index (κ2) is 5.99. The van der Waals surface area contributed by atoms with Crippen LogP contribution in [0.3, 0.4) is 0 Å². The Kier molecular flexibility index (Phi) is 4.52. The lowest BCUT2D eigenvalue weighted by Crippen LogP contribution is -2.37. The Balaban J connectivity index is 1.73. The highest BCUT2D eigenvalue weighted by atomic mass is 32.1. The fraction of sp³-hybridized carbons (Fsp3) is 0.667. The minimum atomic E-state index is -4.38. The zero-order valence-electron chi connectivity index (χ0n) is 11.1. The maximum Gasteiger partial charge on any atom is 0.435 e. The molecule has 1 fully saturated rings. The Hall–Kier alpha value is -1.31. The molecule has 2 N–H and O–H groups in total. The van der Waals surface area contributed by atoms with Crippen molar-refractivity contribution in [2.45, 2.75) is 44.9 Å². The first-order valence-electron chi connectivity index (χ1n) is 6.52. The van der Waals surface area contributed by atoms with Crippen molar-refractivity contribution in [2.75, 3.05) is 6.54 Å². The summed E-state index contributed by atoms with van der Waals surface area (Å²) in [5, 5.41) is 10.4. The highest BCUT2D eigenvalue weighted by molar-refractivity contribution is 7.80. The van der Waals surface area contributed by atoms with Gasteiger partial charge in [0.05, 0.1) is 0 Å². The van der Waals surface area contributed by atoms with Crippen molar-refractivity contribution in [1.29, 1.82) is 0 Å². The molecule has 0 saturated heterocycles. The smallest absolute Gasteiger partial charge is 0.363 e. The van der Waals surface area contributed by atoms with E-state index in [4.69, 9.17) is 12.2 Å². The Bertz CT molecular complexity index is 480. The lowest BCUT2D eigenvalue weighted by Gasteiger charge is -2.10. The van der Waals surface area contributed by atoms with Crippen LogP contribution in [0.4, 0.5) is 13.2 Å². The number of alkyl halides is 3. The van der Waals surface area contributed by atoms with Crippen molar-refractivity contribution in [2.24, 2.45) is 0 Å². The van der Waals surface area contributed by atoms with Crippen molar-refractivity contribution in [3.05, 3.63) is 17.5 Å². The molecule has 1 heterocycles. The van der Waals surface area contributed by atoms with Crippen molar-refractivity contribution in [1.82, 2.24) is 20.4 Å². The zero-order chi connectivity index (χ0) is 14.8. The quantitative estimate of drug-likeness (QED) is 0.647. The van der Waals surface area contributed by atoms with E-state index in [0.717, 1.165) is 18.9 Å². The van der Waals surface area contributed by atoms with E-state index in [0.29, 0.717) is 36.4 Å². The van der Waals surface area contributed by atoms with Crippen LogP contribution in [0.2, 0.25) is 0 Å². The third-order valence-electron chi connectivity index (χ3n) is 3.02. The topological polar surface area (TPSA) is 41.9 Å². The Morgan fingerprint density at radius 1 is 1.50 bits per heavy atom. The monoisotopic (exact) mass is 306 g/mol. The normalized spacial score (nSPS) is 15.2. The molecule has 0 aromatic carbocycles. The first kappa shape index (κ1) is 15.1. The van der Waals surface area contributed by atoms with E-state index in [-0.39, 0.29) is 0 Å². The first-order valence-corrected chi connectivity index (χ1v) is 6.93. The van der Waals surface area contributed by atoms with Crippen LogP contribution in [-0.4, -0.2) is 27.5 Å². The summed E-state index contributed by atoms with van der Waals surface area (Å²) >= 11 is 5.09. The van der Waals surface area contributed by atoms with Gasteiger partial charge in [0.15, 0.2) is 10.8 Å². The minimum Gasteiger partial charge on any atom is -0.363 e. The summed E-state index contributed by atoms with van der Waals surface area (Å²) < 4.78 is 38.8.